The fourth-order valence-corrected chi connectivity index (χ4v) is 5.60. The van der Waals surface area contributed by atoms with Gasteiger partial charge in [-0.25, -0.2) is 12.8 Å². The zero-order chi connectivity index (χ0) is 28.7. The highest BCUT2D eigenvalue weighted by atomic mass is 35.5. The Balaban J connectivity index is 2.05. The minimum absolute atomic E-state index is 0.0117. The summed E-state index contributed by atoms with van der Waals surface area (Å²) in [5.74, 6) is -1.38. The van der Waals surface area contributed by atoms with Crippen molar-refractivity contribution in [2.24, 2.45) is 0 Å². The molecule has 3 aromatic rings. The van der Waals surface area contributed by atoms with Crippen LogP contribution in [0.1, 0.15) is 38.3 Å². The maximum Gasteiger partial charge on any atom is 0.264 e. The Morgan fingerprint density at radius 3 is 2.08 bits per heavy atom. The number of aryl methyl sites for hydroxylation is 1. The largest absolute Gasteiger partial charge is 0.352 e. The highest BCUT2D eigenvalue weighted by Crippen LogP contribution is 2.26. The number of hydrogen-bond donors (Lipinski definition) is 1. The van der Waals surface area contributed by atoms with Gasteiger partial charge in [0.2, 0.25) is 11.8 Å². The van der Waals surface area contributed by atoms with Crippen molar-refractivity contribution in [1.82, 2.24) is 10.2 Å². The Hall–Kier alpha value is -3.43. The first-order valence-electron chi connectivity index (χ1n) is 12.6. The van der Waals surface area contributed by atoms with E-state index in [4.69, 9.17) is 11.6 Å². The minimum Gasteiger partial charge on any atom is -0.352 e. The van der Waals surface area contributed by atoms with Crippen LogP contribution in [0.4, 0.5) is 10.1 Å². The van der Waals surface area contributed by atoms with Crippen molar-refractivity contribution < 1.29 is 22.4 Å². The molecule has 1 atom stereocenters. The summed E-state index contributed by atoms with van der Waals surface area (Å²) in [5, 5.41) is 3.25. The fraction of sp³-hybridized carbons (Fsp3) is 0.310. The molecule has 3 aromatic carbocycles. The quantitative estimate of drug-likeness (QED) is 0.337. The van der Waals surface area contributed by atoms with Gasteiger partial charge in [-0.3, -0.25) is 13.9 Å². The van der Waals surface area contributed by atoms with E-state index in [1.165, 1.54) is 53.4 Å². The molecule has 0 saturated heterocycles. The van der Waals surface area contributed by atoms with Crippen molar-refractivity contribution >= 4 is 39.1 Å². The van der Waals surface area contributed by atoms with Gasteiger partial charge in [0.05, 0.1) is 10.6 Å². The molecule has 1 N–H and O–H groups in total. The molecule has 2 amide bonds. The lowest BCUT2D eigenvalue weighted by Crippen LogP contribution is -2.53. The number of carbonyl (C=O) groups excluding carboxylic acids is 2. The van der Waals surface area contributed by atoms with E-state index in [-0.39, 0.29) is 35.5 Å². The van der Waals surface area contributed by atoms with Gasteiger partial charge in [-0.15, -0.1) is 0 Å². The van der Waals surface area contributed by atoms with Crippen LogP contribution in [0.5, 0.6) is 0 Å². The van der Waals surface area contributed by atoms with Crippen LogP contribution in [-0.4, -0.2) is 43.8 Å². The van der Waals surface area contributed by atoms with E-state index in [1.807, 2.05) is 20.8 Å². The average Bonchev–Trinajstić information content (AvgIpc) is 2.88. The molecular weight excluding hydrogens is 541 g/mol. The summed E-state index contributed by atoms with van der Waals surface area (Å²) in [7, 11) is -4.17. The molecule has 39 heavy (non-hydrogen) atoms. The van der Waals surface area contributed by atoms with Crippen LogP contribution >= 0.6 is 11.6 Å². The number of amides is 2. The smallest absolute Gasteiger partial charge is 0.264 e. The summed E-state index contributed by atoms with van der Waals surface area (Å²) >= 11 is 6.04. The van der Waals surface area contributed by atoms with Crippen LogP contribution in [0.15, 0.2) is 77.7 Å². The van der Waals surface area contributed by atoms with Crippen LogP contribution in [0, 0.1) is 12.7 Å². The van der Waals surface area contributed by atoms with Crippen molar-refractivity contribution in [3.05, 3.63) is 94.8 Å². The topological polar surface area (TPSA) is 86.8 Å². The lowest BCUT2D eigenvalue weighted by molar-refractivity contribution is -0.140. The van der Waals surface area contributed by atoms with Gasteiger partial charge in [0.25, 0.3) is 10.0 Å². The number of rotatable bonds is 11. The number of benzene rings is 3. The Morgan fingerprint density at radius 1 is 0.949 bits per heavy atom. The number of carbonyl (C=O) groups is 2. The second-order valence-electron chi connectivity index (χ2n) is 9.54. The Bertz CT molecular complexity index is 1380. The maximum atomic E-state index is 13.9. The highest BCUT2D eigenvalue weighted by Gasteiger charge is 2.33. The van der Waals surface area contributed by atoms with Gasteiger partial charge in [0, 0.05) is 17.6 Å². The SMILES string of the molecule is CC[C@@H](C(=O)NC(C)C)N(Cc1ccc(F)cc1)C(=O)CN(c1ccc(Cl)cc1)S(=O)(=O)c1ccc(C)cc1. The summed E-state index contributed by atoms with van der Waals surface area (Å²) in [4.78, 5) is 28.4. The third-order valence-corrected chi connectivity index (χ3v) is 8.13. The molecule has 10 heteroatoms. The standard InChI is InChI=1S/C29H33ClFN3O4S/c1-5-27(29(36)32-20(2)3)33(18-22-8-12-24(31)13-9-22)28(35)19-34(25-14-10-23(30)11-15-25)39(37,38)26-16-6-21(4)7-17-26/h6-17,20,27H,5,18-19H2,1-4H3,(H,32,36)/t27-/m0/s1. The van der Waals surface area contributed by atoms with Crippen molar-refractivity contribution in [1.29, 1.82) is 0 Å². The van der Waals surface area contributed by atoms with E-state index in [0.29, 0.717) is 10.6 Å². The molecule has 0 radical (unpaired) electrons. The van der Waals surface area contributed by atoms with Gasteiger partial charge in [0.15, 0.2) is 0 Å². The summed E-state index contributed by atoms with van der Waals surface area (Å²) in [5.41, 5.74) is 1.73. The van der Waals surface area contributed by atoms with E-state index in [9.17, 15) is 22.4 Å². The Kier molecular flexibility index (Phi) is 10.1. The molecule has 7 nitrogen and oxygen atoms in total. The lowest BCUT2D eigenvalue weighted by atomic mass is 10.1. The van der Waals surface area contributed by atoms with E-state index < -0.39 is 34.3 Å². The Morgan fingerprint density at radius 2 is 1.54 bits per heavy atom. The van der Waals surface area contributed by atoms with Crippen molar-refractivity contribution in [3.63, 3.8) is 0 Å². The number of halogens is 2. The molecule has 0 saturated carbocycles. The molecule has 208 valence electrons. The zero-order valence-corrected chi connectivity index (χ0v) is 24.0. The van der Waals surface area contributed by atoms with Crippen molar-refractivity contribution in [2.45, 2.75) is 57.6 Å². The van der Waals surface area contributed by atoms with Crippen LogP contribution in [0.2, 0.25) is 5.02 Å². The predicted octanol–water partition coefficient (Wildman–Crippen LogP) is 5.31. The van der Waals surface area contributed by atoms with Crippen LogP contribution in [0.25, 0.3) is 0 Å². The molecule has 0 fully saturated rings. The second kappa shape index (κ2) is 13.1. The van der Waals surface area contributed by atoms with Crippen molar-refractivity contribution in [2.75, 3.05) is 10.8 Å². The maximum absolute atomic E-state index is 13.9. The summed E-state index contributed by atoms with van der Waals surface area (Å²) in [6.45, 7) is 6.67. The summed E-state index contributed by atoms with van der Waals surface area (Å²) in [6.07, 6.45) is 0.289. The van der Waals surface area contributed by atoms with Gasteiger partial charge >= 0.3 is 0 Å². The lowest BCUT2D eigenvalue weighted by Gasteiger charge is -2.33. The Labute approximate surface area is 234 Å². The molecular formula is C29H33ClFN3O4S. The first kappa shape index (κ1) is 30.1. The number of nitrogens with zero attached hydrogens (tertiary/aromatic N) is 2. The van der Waals surface area contributed by atoms with Gasteiger partial charge in [-0.05, 0) is 81.3 Å². The van der Waals surface area contributed by atoms with Gasteiger partial charge in [0.1, 0.15) is 18.4 Å². The zero-order valence-electron chi connectivity index (χ0n) is 22.4. The highest BCUT2D eigenvalue weighted by molar-refractivity contribution is 7.92. The van der Waals surface area contributed by atoms with E-state index in [0.717, 1.165) is 9.87 Å². The number of hydrogen-bond acceptors (Lipinski definition) is 4. The van der Waals surface area contributed by atoms with Gasteiger partial charge < -0.3 is 10.2 Å². The molecule has 0 aliphatic carbocycles. The third kappa shape index (κ3) is 7.80. The van der Waals surface area contributed by atoms with E-state index in [1.54, 1.807) is 31.2 Å². The predicted molar refractivity (Wildman–Crippen MR) is 151 cm³/mol. The number of nitrogens with one attached hydrogen (secondary N) is 1. The van der Waals surface area contributed by atoms with Crippen LogP contribution in [0.3, 0.4) is 0 Å². The summed E-state index contributed by atoms with van der Waals surface area (Å²) < 4.78 is 42.2. The first-order chi connectivity index (χ1) is 18.4. The van der Waals surface area contributed by atoms with E-state index in [2.05, 4.69) is 5.32 Å². The molecule has 0 aliphatic rings. The summed E-state index contributed by atoms with van der Waals surface area (Å²) in [6, 6.07) is 17.0. The minimum atomic E-state index is -4.17. The number of anilines is 1. The van der Waals surface area contributed by atoms with E-state index >= 15 is 0 Å². The molecule has 3 rings (SSSR count). The molecule has 0 unspecified atom stereocenters. The van der Waals surface area contributed by atoms with Crippen LogP contribution in [-0.2, 0) is 26.2 Å². The molecule has 0 aromatic heterocycles. The first-order valence-corrected chi connectivity index (χ1v) is 14.4. The monoisotopic (exact) mass is 573 g/mol. The van der Waals surface area contributed by atoms with Crippen LogP contribution < -0.4 is 9.62 Å². The fourth-order valence-electron chi connectivity index (χ4n) is 4.06. The average molecular weight is 574 g/mol. The number of sulfonamides is 1. The normalized spacial score (nSPS) is 12.2. The molecule has 0 aliphatic heterocycles. The molecule has 0 spiro atoms. The van der Waals surface area contributed by atoms with Crippen molar-refractivity contribution in [3.8, 4) is 0 Å². The molecule has 0 bridgehead atoms. The third-order valence-electron chi connectivity index (χ3n) is 6.09. The van der Waals surface area contributed by atoms with Gasteiger partial charge in [-0.1, -0.05) is 48.4 Å². The molecule has 0 heterocycles. The second-order valence-corrected chi connectivity index (χ2v) is 11.8. The van der Waals surface area contributed by atoms with Gasteiger partial charge in [-0.2, -0.15) is 0 Å².